The smallest absolute Gasteiger partial charge is 0.101 e. The van der Waals surface area contributed by atoms with Crippen LogP contribution in [0.5, 0.6) is 0 Å². The fourth-order valence-electron chi connectivity index (χ4n) is 6.25. The van der Waals surface area contributed by atoms with Gasteiger partial charge in [-0.1, -0.05) is 78.9 Å². The third-order valence-electron chi connectivity index (χ3n) is 7.92. The van der Waals surface area contributed by atoms with Crippen molar-refractivity contribution < 1.29 is 0 Å². The normalized spacial score (nSPS) is 11.4. The highest BCUT2D eigenvalue weighted by molar-refractivity contribution is 6.14. The van der Waals surface area contributed by atoms with Crippen molar-refractivity contribution >= 4 is 54.4 Å². The van der Waals surface area contributed by atoms with E-state index in [9.17, 15) is 10.5 Å². The summed E-state index contributed by atoms with van der Waals surface area (Å²) in [5.74, 6) is 0. The Balaban J connectivity index is 1.62. The number of para-hydroxylation sites is 3. The molecule has 0 unspecified atom stereocenters. The zero-order chi connectivity index (χ0) is 26.8. The van der Waals surface area contributed by atoms with Gasteiger partial charge in [0.15, 0.2) is 0 Å². The second kappa shape index (κ2) is 8.33. The van der Waals surface area contributed by atoms with Crippen LogP contribution in [-0.2, 0) is 0 Å². The van der Waals surface area contributed by atoms with Crippen molar-refractivity contribution in [1.82, 2.24) is 9.13 Å². The number of aromatic nitrogens is 2. The highest BCUT2D eigenvalue weighted by Gasteiger charge is 2.23. The second-order valence-corrected chi connectivity index (χ2v) is 10.1. The predicted octanol–water partition coefficient (Wildman–Crippen LogP) is 8.78. The lowest BCUT2D eigenvalue weighted by atomic mass is 10.1. The SMILES string of the molecule is N#Cc1cc(C#N)c(-n2c3ccccc3c3ccccc32)c(-n2c3ccccc3c3cc4ccccc4cc32)c1. The first-order valence-electron chi connectivity index (χ1n) is 13.2. The van der Waals surface area contributed by atoms with Crippen LogP contribution in [0.3, 0.4) is 0 Å². The number of nitrogens with zero attached hydrogens (tertiary/aromatic N) is 4. The van der Waals surface area contributed by atoms with Gasteiger partial charge in [0, 0.05) is 21.5 Å². The maximum atomic E-state index is 10.5. The van der Waals surface area contributed by atoms with Gasteiger partial charge < -0.3 is 9.13 Å². The monoisotopic (exact) mass is 508 g/mol. The van der Waals surface area contributed by atoms with Crippen molar-refractivity contribution in [2.24, 2.45) is 0 Å². The molecule has 0 aliphatic carbocycles. The van der Waals surface area contributed by atoms with E-state index in [0.717, 1.165) is 60.4 Å². The van der Waals surface area contributed by atoms with Gasteiger partial charge in [-0.3, -0.25) is 0 Å². The molecular weight excluding hydrogens is 488 g/mol. The molecule has 0 atom stereocenters. The van der Waals surface area contributed by atoms with Gasteiger partial charge in [0.2, 0.25) is 0 Å². The fraction of sp³-hybridized carbons (Fsp3) is 0. The molecule has 0 bridgehead atoms. The summed E-state index contributed by atoms with van der Waals surface area (Å²) in [4.78, 5) is 0. The molecule has 0 saturated carbocycles. The molecule has 6 aromatic carbocycles. The second-order valence-electron chi connectivity index (χ2n) is 10.1. The molecule has 0 aliphatic heterocycles. The van der Waals surface area contributed by atoms with Crippen LogP contribution >= 0.6 is 0 Å². The fourth-order valence-corrected chi connectivity index (χ4v) is 6.25. The van der Waals surface area contributed by atoms with Crippen LogP contribution in [-0.4, -0.2) is 9.13 Å². The molecular formula is C36H20N4. The number of hydrogen-bond acceptors (Lipinski definition) is 2. The van der Waals surface area contributed by atoms with E-state index in [0.29, 0.717) is 11.1 Å². The van der Waals surface area contributed by atoms with Crippen LogP contribution < -0.4 is 0 Å². The van der Waals surface area contributed by atoms with Crippen molar-refractivity contribution in [1.29, 1.82) is 10.5 Å². The van der Waals surface area contributed by atoms with Crippen LogP contribution in [0.25, 0.3) is 65.8 Å². The molecule has 0 aliphatic rings. The molecule has 0 fully saturated rings. The van der Waals surface area contributed by atoms with Crippen LogP contribution in [0.1, 0.15) is 11.1 Å². The van der Waals surface area contributed by atoms with E-state index in [4.69, 9.17) is 0 Å². The van der Waals surface area contributed by atoms with Crippen LogP contribution in [0.2, 0.25) is 0 Å². The van der Waals surface area contributed by atoms with Crippen molar-refractivity contribution in [3.8, 4) is 23.5 Å². The highest BCUT2D eigenvalue weighted by Crippen LogP contribution is 2.40. The molecule has 0 saturated heterocycles. The van der Waals surface area contributed by atoms with Gasteiger partial charge in [-0.15, -0.1) is 0 Å². The van der Waals surface area contributed by atoms with E-state index in [2.05, 4.69) is 100 Å². The molecule has 0 amide bonds. The number of fused-ring (bicyclic) bond motifs is 7. The standard InChI is InChI=1S/C36H20N4/c37-21-23-17-26(22-38)36(40-32-15-7-3-11-27(32)28-12-4-8-16-33(28)40)35(18-23)39-31-14-6-5-13-29(31)30-19-24-9-1-2-10-25(24)20-34(30)39/h1-20H. The Morgan fingerprint density at radius 1 is 0.450 bits per heavy atom. The van der Waals surface area contributed by atoms with Gasteiger partial charge in [-0.25, -0.2) is 0 Å². The summed E-state index contributed by atoms with van der Waals surface area (Å²) in [6.07, 6.45) is 0. The molecule has 184 valence electrons. The largest absolute Gasteiger partial charge is 0.307 e. The zero-order valence-electron chi connectivity index (χ0n) is 21.3. The van der Waals surface area contributed by atoms with E-state index in [1.54, 1.807) is 6.07 Å². The Morgan fingerprint density at radius 3 is 1.57 bits per heavy atom. The van der Waals surface area contributed by atoms with Gasteiger partial charge in [-0.2, -0.15) is 10.5 Å². The zero-order valence-corrected chi connectivity index (χ0v) is 21.3. The maximum Gasteiger partial charge on any atom is 0.101 e. The minimum Gasteiger partial charge on any atom is -0.307 e. The minimum absolute atomic E-state index is 0.447. The molecule has 4 nitrogen and oxygen atoms in total. The van der Waals surface area contributed by atoms with E-state index in [1.165, 1.54) is 5.39 Å². The molecule has 8 aromatic rings. The first-order chi connectivity index (χ1) is 19.8. The summed E-state index contributed by atoms with van der Waals surface area (Å²) in [5, 5.41) is 27.3. The van der Waals surface area contributed by atoms with Gasteiger partial charge in [-0.05, 0) is 53.2 Å². The minimum atomic E-state index is 0.447. The molecule has 4 heteroatoms. The van der Waals surface area contributed by atoms with Crippen molar-refractivity contribution in [3.05, 3.63) is 132 Å². The number of hydrogen-bond donors (Lipinski definition) is 0. The van der Waals surface area contributed by atoms with E-state index < -0.39 is 0 Å². The lowest BCUT2D eigenvalue weighted by Crippen LogP contribution is -2.07. The van der Waals surface area contributed by atoms with Gasteiger partial charge in [0.05, 0.1) is 50.6 Å². The van der Waals surface area contributed by atoms with E-state index in [-0.39, 0.29) is 0 Å². The summed E-state index contributed by atoms with van der Waals surface area (Å²) < 4.78 is 4.40. The van der Waals surface area contributed by atoms with Crippen LogP contribution in [0.15, 0.2) is 121 Å². The van der Waals surface area contributed by atoms with Gasteiger partial charge >= 0.3 is 0 Å². The van der Waals surface area contributed by atoms with Gasteiger partial charge in [0.1, 0.15) is 6.07 Å². The van der Waals surface area contributed by atoms with Crippen LogP contribution in [0, 0.1) is 22.7 Å². The van der Waals surface area contributed by atoms with Crippen LogP contribution in [0.4, 0.5) is 0 Å². The Kier molecular flexibility index (Phi) is 4.62. The number of rotatable bonds is 2. The van der Waals surface area contributed by atoms with E-state index >= 15 is 0 Å². The maximum absolute atomic E-state index is 10.5. The summed E-state index contributed by atoms with van der Waals surface area (Å²) in [6.45, 7) is 0. The third-order valence-corrected chi connectivity index (χ3v) is 7.92. The average Bonchev–Trinajstić information content (AvgIpc) is 3.51. The summed E-state index contributed by atoms with van der Waals surface area (Å²) in [7, 11) is 0. The Bertz CT molecular complexity index is 2350. The molecule has 2 heterocycles. The van der Waals surface area contributed by atoms with Crippen molar-refractivity contribution in [3.63, 3.8) is 0 Å². The highest BCUT2D eigenvalue weighted by atomic mass is 15.1. The van der Waals surface area contributed by atoms with Crippen molar-refractivity contribution in [2.75, 3.05) is 0 Å². The first kappa shape index (κ1) is 22.2. The Morgan fingerprint density at radius 2 is 0.975 bits per heavy atom. The molecule has 2 aromatic heterocycles. The lowest BCUT2D eigenvalue weighted by molar-refractivity contribution is 1.09. The van der Waals surface area contributed by atoms with Gasteiger partial charge in [0.25, 0.3) is 0 Å². The first-order valence-corrected chi connectivity index (χ1v) is 13.2. The molecule has 8 rings (SSSR count). The Labute approximate surface area is 229 Å². The topological polar surface area (TPSA) is 57.4 Å². The summed E-state index contributed by atoms with van der Waals surface area (Å²) >= 11 is 0. The number of nitriles is 2. The van der Waals surface area contributed by atoms with E-state index in [1.807, 2.05) is 36.4 Å². The third kappa shape index (κ3) is 2.99. The molecule has 0 N–H and O–H groups in total. The molecule has 0 spiro atoms. The molecule has 0 radical (unpaired) electrons. The lowest BCUT2D eigenvalue weighted by Gasteiger charge is -2.18. The summed E-state index contributed by atoms with van der Waals surface area (Å²) in [6, 6.07) is 46.1. The Hall–Kier alpha value is -5.84. The predicted molar refractivity (Wildman–Crippen MR) is 162 cm³/mol. The average molecular weight is 509 g/mol. The number of benzene rings is 6. The van der Waals surface area contributed by atoms with Crippen molar-refractivity contribution in [2.45, 2.75) is 0 Å². The molecule has 40 heavy (non-hydrogen) atoms. The summed E-state index contributed by atoms with van der Waals surface area (Å²) in [5.41, 5.74) is 6.53. The quantitative estimate of drug-likeness (QED) is 0.234.